The van der Waals surface area contributed by atoms with E-state index in [0.717, 1.165) is 12.2 Å². The number of furan rings is 1. The summed E-state index contributed by atoms with van der Waals surface area (Å²) in [5.41, 5.74) is 0. The molecular formula is C9H9NO4. The summed E-state index contributed by atoms with van der Waals surface area (Å²) in [7, 11) is 0. The van der Waals surface area contributed by atoms with Gasteiger partial charge in [0.05, 0.1) is 0 Å². The Bertz CT molecular complexity index is 378. The molecule has 5 heteroatoms. The Morgan fingerprint density at radius 3 is 2.64 bits per heavy atom. The van der Waals surface area contributed by atoms with Gasteiger partial charge in [0, 0.05) is 18.2 Å². The van der Waals surface area contributed by atoms with Crippen LogP contribution in [0, 0.1) is 6.92 Å². The molecule has 1 amide bonds. The molecule has 0 aliphatic rings. The number of carbonyl (C=O) groups is 2. The quantitative estimate of drug-likeness (QED) is 0.709. The smallest absolute Gasteiger partial charge is 0.328 e. The van der Waals surface area contributed by atoms with Crippen LogP contribution in [0.2, 0.25) is 0 Å². The molecule has 74 valence electrons. The molecule has 0 spiro atoms. The fraction of sp³-hybridized carbons (Fsp3) is 0.111. The normalized spacial score (nSPS) is 10.4. The molecule has 0 aliphatic carbocycles. The van der Waals surface area contributed by atoms with Crippen LogP contribution in [0.4, 0.5) is 5.88 Å². The summed E-state index contributed by atoms with van der Waals surface area (Å²) in [5.74, 6) is -0.748. The molecule has 0 atom stereocenters. The van der Waals surface area contributed by atoms with E-state index >= 15 is 0 Å². The van der Waals surface area contributed by atoms with Gasteiger partial charge >= 0.3 is 5.97 Å². The highest BCUT2D eigenvalue weighted by atomic mass is 16.4. The Hall–Kier alpha value is -2.04. The first-order valence-corrected chi connectivity index (χ1v) is 3.86. The van der Waals surface area contributed by atoms with E-state index in [2.05, 4.69) is 5.32 Å². The van der Waals surface area contributed by atoms with Gasteiger partial charge in [-0.3, -0.25) is 10.1 Å². The molecule has 0 saturated heterocycles. The lowest BCUT2D eigenvalue weighted by atomic mass is 10.4. The fourth-order valence-electron chi connectivity index (χ4n) is 0.812. The maximum absolute atomic E-state index is 11.0. The van der Waals surface area contributed by atoms with Crippen molar-refractivity contribution in [1.29, 1.82) is 0 Å². The number of carbonyl (C=O) groups excluding carboxylic acids is 1. The van der Waals surface area contributed by atoms with E-state index in [9.17, 15) is 9.59 Å². The Labute approximate surface area is 80.0 Å². The van der Waals surface area contributed by atoms with Crippen LogP contribution in [0.5, 0.6) is 0 Å². The van der Waals surface area contributed by atoms with Crippen molar-refractivity contribution < 1.29 is 19.1 Å². The molecule has 0 fully saturated rings. The van der Waals surface area contributed by atoms with Gasteiger partial charge in [-0.25, -0.2) is 4.79 Å². The number of hydrogen-bond acceptors (Lipinski definition) is 3. The fourth-order valence-corrected chi connectivity index (χ4v) is 0.812. The Kier molecular flexibility index (Phi) is 3.06. The highest BCUT2D eigenvalue weighted by molar-refractivity contribution is 6.01. The van der Waals surface area contributed by atoms with Gasteiger partial charge in [0.15, 0.2) is 5.88 Å². The SMILES string of the molecule is Cc1ccc(NC(=O)/C=C/C(=O)O)o1. The van der Waals surface area contributed by atoms with Gasteiger partial charge in [-0.05, 0) is 13.0 Å². The van der Waals surface area contributed by atoms with Crippen LogP contribution in [0.25, 0.3) is 0 Å². The van der Waals surface area contributed by atoms with E-state index < -0.39 is 11.9 Å². The molecule has 0 aliphatic heterocycles. The molecule has 0 saturated carbocycles. The second kappa shape index (κ2) is 4.27. The molecule has 1 heterocycles. The van der Waals surface area contributed by atoms with Crippen molar-refractivity contribution in [2.75, 3.05) is 5.32 Å². The van der Waals surface area contributed by atoms with Gasteiger partial charge < -0.3 is 9.52 Å². The molecule has 0 aromatic carbocycles. The third kappa shape index (κ3) is 3.14. The first kappa shape index (κ1) is 10.0. The van der Waals surface area contributed by atoms with Crippen LogP contribution in [-0.4, -0.2) is 17.0 Å². The molecule has 1 aromatic rings. The molecule has 0 bridgehead atoms. The van der Waals surface area contributed by atoms with Crippen LogP contribution in [0.15, 0.2) is 28.7 Å². The number of aliphatic carboxylic acids is 1. The van der Waals surface area contributed by atoms with Crippen molar-refractivity contribution in [2.24, 2.45) is 0 Å². The number of amides is 1. The summed E-state index contributed by atoms with van der Waals surface area (Å²) >= 11 is 0. The van der Waals surface area contributed by atoms with Gasteiger partial charge in [-0.2, -0.15) is 0 Å². The highest BCUT2D eigenvalue weighted by Crippen LogP contribution is 2.11. The van der Waals surface area contributed by atoms with E-state index in [1.807, 2.05) is 0 Å². The maximum Gasteiger partial charge on any atom is 0.328 e. The molecule has 0 unspecified atom stereocenters. The summed E-state index contributed by atoms with van der Waals surface area (Å²) < 4.78 is 5.05. The molecule has 0 radical (unpaired) electrons. The minimum Gasteiger partial charge on any atom is -0.478 e. The molecule has 14 heavy (non-hydrogen) atoms. The second-order valence-electron chi connectivity index (χ2n) is 2.57. The standard InChI is InChI=1S/C9H9NO4/c1-6-2-4-8(14-6)10-7(11)3-5-9(12)13/h2-5H,1H3,(H,10,11)(H,12,13)/b5-3+. The first-order valence-electron chi connectivity index (χ1n) is 3.86. The van der Waals surface area contributed by atoms with E-state index in [1.54, 1.807) is 19.1 Å². The highest BCUT2D eigenvalue weighted by Gasteiger charge is 2.01. The van der Waals surface area contributed by atoms with Crippen LogP contribution >= 0.6 is 0 Å². The molecular weight excluding hydrogens is 186 g/mol. The Balaban J connectivity index is 2.53. The van der Waals surface area contributed by atoms with Gasteiger partial charge in [0.2, 0.25) is 0 Å². The molecule has 5 nitrogen and oxygen atoms in total. The third-order valence-corrected chi connectivity index (χ3v) is 1.36. The summed E-state index contributed by atoms with van der Waals surface area (Å²) in [5, 5.41) is 10.6. The van der Waals surface area contributed by atoms with E-state index in [4.69, 9.17) is 9.52 Å². The van der Waals surface area contributed by atoms with Crippen LogP contribution in [-0.2, 0) is 9.59 Å². The molecule has 2 N–H and O–H groups in total. The predicted octanol–water partition coefficient (Wildman–Crippen LogP) is 1.17. The minimum atomic E-state index is -1.17. The molecule has 1 aromatic heterocycles. The van der Waals surface area contributed by atoms with Gasteiger partial charge in [-0.1, -0.05) is 0 Å². The topological polar surface area (TPSA) is 79.5 Å². The van der Waals surface area contributed by atoms with Gasteiger partial charge in [0.25, 0.3) is 5.91 Å². The van der Waals surface area contributed by atoms with E-state index in [1.165, 1.54) is 0 Å². The lowest BCUT2D eigenvalue weighted by Crippen LogP contribution is -2.07. The van der Waals surface area contributed by atoms with Crippen molar-refractivity contribution in [3.8, 4) is 0 Å². The van der Waals surface area contributed by atoms with Gasteiger partial charge in [0.1, 0.15) is 5.76 Å². The van der Waals surface area contributed by atoms with Crippen LogP contribution < -0.4 is 5.32 Å². The van der Waals surface area contributed by atoms with Crippen molar-refractivity contribution in [1.82, 2.24) is 0 Å². The summed E-state index contributed by atoms with van der Waals surface area (Å²) in [6.45, 7) is 1.74. The number of carboxylic acids is 1. The lowest BCUT2D eigenvalue weighted by Gasteiger charge is -1.94. The van der Waals surface area contributed by atoms with Crippen molar-refractivity contribution in [3.63, 3.8) is 0 Å². The minimum absolute atomic E-state index is 0.294. The van der Waals surface area contributed by atoms with Crippen LogP contribution in [0.1, 0.15) is 5.76 Å². The average molecular weight is 195 g/mol. The zero-order valence-corrected chi connectivity index (χ0v) is 7.48. The molecule has 1 rings (SSSR count). The van der Waals surface area contributed by atoms with Crippen molar-refractivity contribution >= 4 is 17.8 Å². The zero-order chi connectivity index (χ0) is 10.6. The lowest BCUT2D eigenvalue weighted by molar-refractivity contribution is -0.131. The number of hydrogen-bond donors (Lipinski definition) is 2. The van der Waals surface area contributed by atoms with Gasteiger partial charge in [-0.15, -0.1) is 0 Å². The number of anilines is 1. The summed E-state index contributed by atoms with van der Waals surface area (Å²) in [6, 6.07) is 3.28. The second-order valence-corrected chi connectivity index (χ2v) is 2.57. The predicted molar refractivity (Wildman–Crippen MR) is 48.9 cm³/mol. The summed E-state index contributed by atoms with van der Waals surface area (Å²) in [6.07, 6.45) is 1.67. The maximum atomic E-state index is 11.0. The number of rotatable bonds is 3. The van der Waals surface area contributed by atoms with Crippen molar-refractivity contribution in [2.45, 2.75) is 6.92 Å². The van der Waals surface area contributed by atoms with E-state index in [-0.39, 0.29) is 0 Å². The zero-order valence-electron chi connectivity index (χ0n) is 7.48. The Morgan fingerprint density at radius 1 is 1.43 bits per heavy atom. The summed E-state index contributed by atoms with van der Waals surface area (Å²) in [4.78, 5) is 21.1. The number of nitrogens with one attached hydrogen (secondary N) is 1. The first-order chi connectivity index (χ1) is 6.58. The van der Waals surface area contributed by atoms with Crippen molar-refractivity contribution in [3.05, 3.63) is 30.0 Å². The van der Waals surface area contributed by atoms with E-state index in [0.29, 0.717) is 11.6 Å². The number of carboxylic acid groups (broad SMARTS) is 1. The Morgan fingerprint density at radius 2 is 2.14 bits per heavy atom. The monoisotopic (exact) mass is 195 g/mol. The third-order valence-electron chi connectivity index (χ3n) is 1.36. The average Bonchev–Trinajstić information content (AvgIpc) is 2.48. The largest absolute Gasteiger partial charge is 0.478 e. The van der Waals surface area contributed by atoms with Crippen LogP contribution in [0.3, 0.4) is 0 Å². The number of aryl methyl sites for hydroxylation is 1.